The fraction of sp³-hybridized carbons (Fsp3) is 0.438. The average Bonchev–Trinajstić information content (AvgIpc) is 3.21. The molecule has 1 saturated carbocycles. The number of nitrogens with zero attached hydrogens (tertiary/aromatic N) is 5. The van der Waals surface area contributed by atoms with Crippen LogP contribution in [-0.2, 0) is 11.2 Å². The van der Waals surface area contributed by atoms with E-state index in [2.05, 4.69) is 31.9 Å². The quantitative estimate of drug-likeness (QED) is 0.481. The summed E-state index contributed by atoms with van der Waals surface area (Å²) in [6.07, 6.45) is 4.01. The first kappa shape index (κ1) is 16.5. The minimum absolute atomic E-state index is 0.0136. The third-order valence-corrected chi connectivity index (χ3v) is 5.95. The summed E-state index contributed by atoms with van der Waals surface area (Å²) in [4.78, 5) is 16.6. The number of thiazole rings is 1. The molecule has 1 aliphatic rings. The maximum atomic E-state index is 12.0. The molecule has 0 atom stereocenters. The maximum absolute atomic E-state index is 12.0. The Hall–Kier alpha value is -2.00. The van der Waals surface area contributed by atoms with Gasteiger partial charge in [0.1, 0.15) is 0 Å². The van der Waals surface area contributed by atoms with Crippen molar-refractivity contribution in [1.29, 1.82) is 0 Å². The van der Waals surface area contributed by atoms with Gasteiger partial charge >= 0.3 is 0 Å². The molecule has 130 valence electrons. The van der Waals surface area contributed by atoms with Crippen molar-refractivity contribution in [2.75, 3.05) is 12.3 Å². The van der Waals surface area contributed by atoms with Gasteiger partial charge in [-0.15, -0.1) is 16.4 Å². The summed E-state index contributed by atoms with van der Waals surface area (Å²) < 4.78 is 3.04. The van der Waals surface area contributed by atoms with Crippen molar-refractivity contribution in [2.24, 2.45) is 0 Å². The number of tetrazole rings is 1. The van der Waals surface area contributed by atoms with Crippen LogP contribution in [-0.4, -0.2) is 43.4 Å². The van der Waals surface area contributed by atoms with Gasteiger partial charge in [0.15, 0.2) is 0 Å². The van der Waals surface area contributed by atoms with Crippen LogP contribution >= 0.6 is 23.1 Å². The molecule has 0 spiro atoms. The topological polar surface area (TPSA) is 85.6 Å². The molecule has 0 unspecified atom stereocenters. The van der Waals surface area contributed by atoms with E-state index in [1.807, 2.05) is 22.9 Å². The number of fused-ring (bicyclic) bond motifs is 1. The molecule has 0 aliphatic heterocycles. The molecule has 0 saturated heterocycles. The highest BCUT2D eigenvalue weighted by atomic mass is 32.2. The average molecular weight is 374 g/mol. The number of carbonyl (C=O) groups is 1. The molecular weight excluding hydrogens is 356 g/mol. The fourth-order valence-electron chi connectivity index (χ4n) is 2.50. The van der Waals surface area contributed by atoms with E-state index in [-0.39, 0.29) is 5.91 Å². The molecule has 1 aromatic carbocycles. The lowest BCUT2D eigenvalue weighted by atomic mass is 10.3. The summed E-state index contributed by atoms with van der Waals surface area (Å²) in [6, 6.07) is 8.58. The second kappa shape index (κ2) is 7.49. The number of amides is 1. The van der Waals surface area contributed by atoms with E-state index in [0.717, 1.165) is 41.4 Å². The second-order valence-electron chi connectivity index (χ2n) is 5.95. The predicted octanol–water partition coefficient (Wildman–Crippen LogP) is 2.46. The smallest absolute Gasteiger partial charge is 0.230 e. The summed E-state index contributed by atoms with van der Waals surface area (Å²) >= 11 is 3.11. The van der Waals surface area contributed by atoms with Gasteiger partial charge in [0.05, 0.1) is 27.0 Å². The van der Waals surface area contributed by atoms with Gasteiger partial charge in [0, 0.05) is 13.0 Å². The minimum Gasteiger partial charge on any atom is -0.355 e. The van der Waals surface area contributed by atoms with E-state index in [9.17, 15) is 4.79 Å². The molecule has 1 amide bonds. The first-order valence-corrected chi connectivity index (χ1v) is 10.1. The third-order valence-electron chi connectivity index (χ3n) is 3.92. The van der Waals surface area contributed by atoms with E-state index < -0.39 is 0 Å². The van der Waals surface area contributed by atoms with Crippen LogP contribution < -0.4 is 5.32 Å². The van der Waals surface area contributed by atoms with Gasteiger partial charge in [-0.2, -0.15) is 0 Å². The molecule has 25 heavy (non-hydrogen) atoms. The van der Waals surface area contributed by atoms with Gasteiger partial charge < -0.3 is 5.32 Å². The SMILES string of the molecule is O=C(CSc1nnnn1C1CC1)NCCCc1nc2ccccc2s1. The number of thioether (sulfide) groups is 1. The van der Waals surface area contributed by atoms with Crippen molar-refractivity contribution >= 4 is 39.2 Å². The lowest BCUT2D eigenvalue weighted by Gasteiger charge is -2.04. The van der Waals surface area contributed by atoms with E-state index in [0.29, 0.717) is 18.3 Å². The number of hydrogen-bond acceptors (Lipinski definition) is 7. The highest BCUT2D eigenvalue weighted by Crippen LogP contribution is 2.36. The lowest BCUT2D eigenvalue weighted by Crippen LogP contribution is -2.26. The first-order chi connectivity index (χ1) is 12.3. The van der Waals surface area contributed by atoms with Crippen LogP contribution in [0.15, 0.2) is 29.4 Å². The number of nitrogens with one attached hydrogen (secondary N) is 1. The zero-order chi connectivity index (χ0) is 17.1. The van der Waals surface area contributed by atoms with Gasteiger partial charge in [-0.25, -0.2) is 9.67 Å². The van der Waals surface area contributed by atoms with Crippen molar-refractivity contribution < 1.29 is 4.79 Å². The van der Waals surface area contributed by atoms with E-state index in [1.165, 1.54) is 16.5 Å². The molecule has 9 heteroatoms. The van der Waals surface area contributed by atoms with Crippen molar-refractivity contribution in [1.82, 2.24) is 30.5 Å². The molecule has 0 radical (unpaired) electrons. The number of carbonyl (C=O) groups excluding carboxylic acids is 1. The minimum atomic E-state index is 0.0136. The number of aryl methyl sites for hydroxylation is 1. The van der Waals surface area contributed by atoms with Crippen molar-refractivity contribution in [3.63, 3.8) is 0 Å². The molecule has 7 nitrogen and oxygen atoms in total. The first-order valence-electron chi connectivity index (χ1n) is 8.31. The number of rotatable bonds is 8. The molecular formula is C16H18N6OS2. The van der Waals surface area contributed by atoms with Crippen LogP contribution in [0.5, 0.6) is 0 Å². The Labute approximate surface area is 153 Å². The number of hydrogen-bond donors (Lipinski definition) is 1. The molecule has 0 bridgehead atoms. The number of para-hydroxylation sites is 1. The highest BCUT2D eigenvalue weighted by Gasteiger charge is 2.28. The standard InChI is InChI=1S/C16H18N6OS2/c23-14(10-24-16-19-20-21-22(16)11-7-8-11)17-9-3-6-15-18-12-4-1-2-5-13(12)25-15/h1-2,4-5,11H,3,6-10H2,(H,17,23). The summed E-state index contributed by atoms with van der Waals surface area (Å²) in [7, 11) is 0. The van der Waals surface area contributed by atoms with Crippen LogP contribution in [0.25, 0.3) is 10.2 Å². The Morgan fingerprint density at radius 1 is 1.36 bits per heavy atom. The number of benzene rings is 1. The third kappa shape index (κ3) is 4.16. The van der Waals surface area contributed by atoms with Gasteiger partial charge in [-0.3, -0.25) is 4.79 Å². The largest absolute Gasteiger partial charge is 0.355 e. The maximum Gasteiger partial charge on any atom is 0.230 e. The zero-order valence-corrected chi connectivity index (χ0v) is 15.2. The van der Waals surface area contributed by atoms with Crippen molar-refractivity contribution in [3.05, 3.63) is 29.3 Å². The molecule has 2 aromatic heterocycles. The van der Waals surface area contributed by atoms with Crippen LogP contribution in [0.2, 0.25) is 0 Å². The van der Waals surface area contributed by atoms with E-state index >= 15 is 0 Å². The Balaban J connectivity index is 1.18. The Morgan fingerprint density at radius 3 is 3.08 bits per heavy atom. The molecule has 1 aliphatic carbocycles. The Kier molecular flexibility index (Phi) is 4.93. The molecule has 1 fully saturated rings. The normalized spacial score (nSPS) is 14.1. The predicted molar refractivity (Wildman–Crippen MR) is 97.8 cm³/mol. The summed E-state index contributed by atoms with van der Waals surface area (Å²) in [5.74, 6) is 0.355. The summed E-state index contributed by atoms with van der Waals surface area (Å²) in [5.41, 5.74) is 1.05. The van der Waals surface area contributed by atoms with Crippen LogP contribution in [0.3, 0.4) is 0 Å². The Morgan fingerprint density at radius 2 is 2.24 bits per heavy atom. The van der Waals surface area contributed by atoms with Gasteiger partial charge in [-0.05, 0) is 41.8 Å². The number of aromatic nitrogens is 5. The fourth-order valence-corrected chi connectivity index (χ4v) is 4.29. The Bertz CT molecular complexity index is 839. The zero-order valence-electron chi connectivity index (χ0n) is 13.6. The van der Waals surface area contributed by atoms with Gasteiger partial charge in [-0.1, -0.05) is 23.9 Å². The van der Waals surface area contributed by atoms with Crippen LogP contribution in [0.4, 0.5) is 0 Å². The second-order valence-corrected chi connectivity index (χ2v) is 8.01. The monoisotopic (exact) mass is 374 g/mol. The molecule has 3 aromatic rings. The van der Waals surface area contributed by atoms with E-state index in [1.54, 1.807) is 11.3 Å². The van der Waals surface area contributed by atoms with E-state index in [4.69, 9.17) is 0 Å². The molecule has 2 heterocycles. The van der Waals surface area contributed by atoms with Gasteiger partial charge in [0.2, 0.25) is 11.1 Å². The van der Waals surface area contributed by atoms with Crippen LogP contribution in [0, 0.1) is 0 Å². The molecule has 4 rings (SSSR count). The van der Waals surface area contributed by atoms with Crippen molar-refractivity contribution in [2.45, 2.75) is 36.9 Å². The summed E-state index contributed by atoms with van der Waals surface area (Å²) in [5, 5.41) is 16.5. The van der Waals surface area contributed by atoms with Crippen LogP contribution in [0.1, 0.15) is 30.3 Å². The molecule has 1 N–H and O–H groups in total. The van der Waals surface area contributed by atoms with Gasteiger partial charge in [0.25, 0.3) is 0 Å². The highest BCUT2D eigenvalue weighted by molar-refractivity contribution is 7.99. The summed E-state index contributed by atoms with van der Waals surface area (Å²) in [6.45, 7) is 0.656. The van der Waals surface area contributed by atoms with Crippen molar-refractivity contribution in [3.8, 4) is 0 Å². The lowest BCUT2D eigenvalue weighted by molar-refractivity contribution is -0.118.